The molecule has 1 aliphatic rings. The summed E-state index contributed by atoms with van der Waals surface area (Å²) in [5, 5.41) is 1.44. The Morgan fingerprint density at radius 2 is 2.28 bits per heavy atom. The summed E-state index contributed by atoms with van der Waals surface area (Å²) in [6.45, 7) is 2.15. The van der Waals surface area contributed by atoms with Crippen LogP contribution in [0.4, 0.5) is 5.82 Å². The number of anilines is 1. The van der Waals surface area contributed by atoms with Crippen molar-refractivity contribution in [3.63, 3.8) is 0 Å². The van der Waals surface area contributed by atoms with E-state index in [4.69, 9.17) is 23.2 Å². The van der Waals surface area contributed by atoms with E-state index in [1.807, 2.05) is 17.8 Å². The second-order valence-electron chi connectivity index (χ2n) is 4.54. The molecule has 0 saturated carbocycles. The van der Waals surface area contributed by atoms with Crippen molar-refractivity contribution in [2.24, 2.45) is 0 Å². The molecule has 0 amide bonds. The number of aromatic nitrogens is 1. The molecular formula is C13H18Cl2N2S. The lowest BCUT2D eigenvalue weighted by Crippen LogP contribution is -2.25. The average Bonchev–Trinajstić information content (AvgIpc) is 2.64. The van der Waals surface area contributed by atoms with Crippen LogP contribution in [-0.2, 0) is 5.88 Å². The topological polar surface area (TPSA) is 16.1 Å². The molecule has 1 aromatic rings. The number of nitrogens with zero attached hydrogens (tertiary/aromatic N) is 2. The number of rotatable bonds is 3. The van der Waals surface area contributed by atoms with Gasteiger partial charge in [-0.3, -0.25) is 0 Å². The molecule has 0 N–H and O–H groups in total. The molecule has 2 heterocycles. The van der Waals surface area contributed by atoms with Gasteiger partial charge in [-0.1, -0.05) is 11.6 Å². The third kappa shape index (κ3) is 3.46. The van der Waals surface area contributed by atoms with Crippen LogP contribution in [0.25, 0.3) is 0 Å². The van der Waals surface area contributed by atoms with E-state index < -0.39 is 0 Å². The molecule has 1 fully saturated rings. The Morgan fingerprint density at radius 3 is 3.00 bits per heavy atom. The summed E-state index contributed by atoms with van der Waals surface area (Å²) in [7, 11) is 0. The molecule has 0 spiro atoms. The third-order valence-electron chi connectivity index (χ3n) is 3.40. The van der Waals surface area contributed by atoms with Crippen molar-refractivity contribution < 1.29 is 0 Å². The van der Waals surface area contributed by atoms with Gasteiger partial charge >= 0.3 is 0 Å². The number of pyridine rings is 1. The molecule has 100 valence electrons. The molecule has 1 atom stereocenters. The Morgan fingerprint density at radius 1 is 1.44 bits per heavy atom. The maximum absolute atomic E-state index is 6.04. The lowest BCUT2D eigenvalue weighted by atomic mass is 10.2. The fourth-order valence-electron chi connectivity index (χ4n) is 2.27. The van der Waals surface area contributed by atoms with Gasteiger partial charge in [0.2, 0.25) is 0 Å². The van der Waals surface area contributed by atoms with Crippen molar-refractivity contribution in [1.82, 2.24) is 4.98 Å². The zero-order chi connectivity index (χ0) is 13.0. The smallest absolute Gasteiger partial charge is 0.128 e. The van der Waals surface area contributed by atoms with Crippen LogP contribution in [0.5, 0.6) is 0 Å². The minimum absolute atomic E-state index is 0.440. The molecule has 0 radical (unpaired) electrons. The van der Waals surface area contributed by atoms with Gasteiger partial charge in [0.25, 0.3) is 0 Å². The molecule has 0 aliphatic carbocycles. The van der Waals surface area contributed by atoms with Crippen LogP contribution in [0, 0.1) is 0 Å². The van der Waals surface area contributed by atoms with Crippen LogP contribution < -0.4 is 4.90 Å². The molecule has 5 heteroatoms. The quantitative estimate of drug-likeness (QED) is 0.779. The molecule has 2 nitrogen and oxygen atoms in total. The van der Waals surface area contributed by atoms with E-state index in [0.717, 1.165) is 29.7 Å². The fraction of sp³-hybridized carbons (Fsp3) is 0.615. The van der Waals surface area contributed by atoms with Gasteiger partial charge in [0, 0.05) is 30.4 Å². The predicted molar refractivity (Wildman–Crippen MR) is 82.2 cm³/mol. The number of alkyl halides is 1. The highest BCUT2D eigenvalue weighted by Gasteiger charge is 2.17. The molecule has 1 aliphatic heterocycles. The van der Waals surface area contributed by atoms with Gasteiger partial charge in [0.15, 0.2) is 0 Å². The van der Waals surface area contributed by atoms with E-state index >= 15 is 0 Å². The van der Waals surface area contributed by atoms with Crippen molar-refractivity contribution >= 4 is 40.8 Å². The summed E-state index contributed by atoms with van der Waals surface area (Å²) in [6, 6.07) is 2.02. The summed E-state index contributed by atoms with van der Waals surface area (Å²) in [4.78, 5) is 6.78. The molecule has 1 unspecified atom stereocenters. The van der Waals surface area contributed by atoms with Crippen molar-refractivity contribution in [3.8, 4) is 0 Å². The van der Waals surface area contributed by atoms with Crippen LogP contribution >= 0.6 is 35.0 Å². The van der Waals surface area contributed by atoms with Gasteiger partial charge < -0.3 is 4.90 Å². The first kappa shape index (κ1) is 14.3. The predicted octanol–water partition coefficient (Wildman–Crippen LogP) is 4.20. The highest BCUT2D eigenvalue weighted by Crippen LogP contribution is 2.26. The molecule has 0 bridgehead atoms. The van der Waals surface area contributed by atoms with Gasteiger partial charge in [-0.25, -0.2) is 4.98 Å². The third-order valence-corrected chi connectivity index (χ3v) is 5.16. The van der Waals surface area contributed by atoms with Crippen molar-refractivity contribution in [2.75, 3.05) is 24.2 Å². The van der Waals surface area contributed by atoms with Gasteiger partial charge in [-0.05, 0) is 37.1 Å². The lowest BCUT2D eigenvalue weighted by Gasteiger charge is -2.22. The maximum atomic E-state index is 6.04. The van der Waals surface area contributed by atoms with E-state index in [1.54, 1.807) is 6.20 Å². The molecule has 1 aromatic heterocycles. The van der Waals surface area contributed by atoms with Crippen molar-refractivity contribution in [1.29, 1.82) is 0 Å². The highest BCUT2D eigenvalue weighted by molar-refractivity contribution is 7.99. The number of hydrogen-bond donors (Lipinski definition) is 0. The van der Waals surface area contributed by atoms with Gasteiger partial charge in [-0.2, -0.15) is 11.8 Å². The standard InChI is InChI=1S/C13H18Cl2N2S/c1-18-11-3-2-5-17(6-4-11)13-7-10(8-14)12(15)9-16-13/h7,9,11H,2-6,8H2,1H3. The largest absolute Gasteiger partial charge is 0.357 e. The first-order valence-corrected chi connectivity index (χ1v) is 8.42. The Bertz CT molecular complexity index is 401. The van der Waals surface area contributed by atoms with E-state index in [1.165, 1.54) is 19.3 Å². The van der Waals surface area contributed by atoms with Gasteiger partial charge in [0.1, 0.15) is 5.82 Å². The second-order valence-corrected chi connectivity index (χ2v) is 6.36. The van der Waals surface area contributed by atoms with Gasteiger partial charge in [0.05, 0.1) is 5.02 Å². The second kappa shape index (κ2) is 6.88. The summed E-state index contributed by atoms with van der Waals surface area (Å²) >= 11 is 13.9. The Labute approximate surface area is 123 Å². The summed E-state index contributed by atoms with van der Waals surface area (Å²) in [5.74, 6) is 1.45. The van der Waals surface area contributed by atoms with Crippen LogP contribution in [0.2, 0.25) is 5.02 Å². The molecule has 2 rings (SSSR count). The first-order valence-electron chi connectivity index (χ1n) is 6.22. The lowest BCUT2D eigenvalue weighted by molar-refractivity contribution is 0.745. The van der Waals surface area contributed by atoms with Gasteiger partial charge in [-0.15, -0.1) is 11.6 Å². The summed E-state index contributed by atoms with van der Waals surface area (Å²) in [6.07, 6.45) is 7.67. The zero-order valence-corrected chi connectivity index (χ0v) is 12.9. The minimum Gasteiger partial charge on any atom is -0.357 e. The SMILES string of the molecule is CSC1CCCN(c2cc(CCl)c(Cl)cn2)CC1. The normalized spacial score (nSPS) is 20.8. The maximum Gasteiger partial charge on any atom is 0.128 e. The highest BCUT2D eigenvalue weighted by atomic mass is 35.5. The summed E-state index contributed by atoms with van der Waals surface area (Å²) in [5.41, 5.74) is 0.967. The van der Waals surface area contributed by atoms with Crippen LogP contribution in [0.3, 0.4) is 0 Å². The molecule has 18 heavy (non-hydrogen) atoms. The number of halogens is 2. The van der Waals surface area contributed by atoms with Crippen molar-refractivity contribution in [3.05, 3.63) is 22.8 Å². The molecule has 1 saturated heterocycles. The Kier molecular flexibility index (Phi) is 5.46. The number of thioether (sulfide) groups is 1. The van der Waals surface area contributed by atoms with E-state index in [2.05, 4.69) is 16.1 Å². The summed E-state index contributed by atoms with van der Waals surface area (Å²) < 4.78 is 0. The van der Waals surface area contributed by atoms with E-state index in [-0.39, 0.29) is 0 Å². The minimum atomic E-state index is 0.440. The van der Waals surface area contributed by atoms with Crippen LogP contribution in [0.15, 0.2) is 12.3 Å². The Hall–Kier alpha value is -0.120. The molecular weight excluding hydrogens is 287 g/mol. The Balaban J connectivity index is 2.11. The fourth-order valence-corrected chi connectivity index (χ4v) is 3.48. The van der Waals surface area contributed by atoms with E-state index in [9.17, 15) is 0 Å². The van der Waals surface area contributed by atoms with Crippen molar-refractivity contribution in [2.45, 2.75) is 30.4 Å². The number of hydrogen-bond acceptors (Lipinski definition) is 3. The van der Waals surface area contributed by atoms with Crippen LogP contribution in [-0.4, -0.2) is 29.6 Å². The van der Waals surface area contributed by atoms with E-state index in [0.29, 0.717) is 10.9 Å². The first-order chi connectivity index (χ1) is 8.74. The van der Waals surface area contributed by atoms with Crippen LogP contribution in [0.1, 0.15) is 24.8 Å². The average molecular weight is 305 g/mol. The monoisotopic (exact) mass is 304 g/mol. The molecule has 0 aromatic carbocycles. The zero-order valence-electron chi connectivity index (χ0n) is 10.5.